The number of rotatable bonds is 11. The zero-order chi connectivity index (χ0) is 36.9. The maximum Gasteiger partial charge on any atom is 0.573 e. The van der Waals surface area contributed by atoms with Crippen molar-refractivity contribution in [2.75, 3.05) is 13.0 Å². The molecule has 0 radical (unpaired) electrons. The molecule has 0 saturated heterocycles. The van der Waals surface area contributed by atoms with Gasteiger partial charge in [0.15, 0.2) is 0 Å². The molecule has 8 nitrogen and oxygen atoms in total. The van der Waals surface area contributed by atoms with E-state index in [-0.39, 0.29) is 9.21 Å². The van der Waals surface area contributed by atoms with Crippen LogP contribution < -0.4 is 4.74 Å². The number of alkyl halides is 3. The Kier molecular flexibility index (Phi) is 6.54. The predicted molar refractivity (Wildman–Crippen MR) is 136 cm³/mol. The van der Waals surface area contributed by atoms with Gasteiger partial charge in [-0.1, -0.05) is 44.1 Å². The van der Waals surface area contributed by atoms with E-state index in [1.807, 2.05) is 0 Å². The van der Waals surface area contributed by atoms with E-state index in [4.69, 9.17) is 11.0 Å². The van der Waals surface area contributed by atoms with E-state index >= 15 is 0 Å². The largest absolute Gasteiger partial charge is 0.573 e. The summed E-state index contributed by atoms with van der Waals surface area (Å²) in [6.07, 6.45) is -15.5. The summed E-state index contributed by atoms with van der Waals surface area (Å²) in [5, 5.41) is 22.1. The van der Waals surface area contributed by atoms with Crippen molar-refractivity contribution in [3.05, 3.63) is 60.1 Å². The third-order valence-electron chi connectivity index (χ3n) is 4.57. The molecule has 0 unspecified atom stereocenters. The molecule has 12 heteroatoms. The first-order valence-corrected chi connectivity index (χ1v) is 12.5. The van der Waals surface area contributed by atoms with Gasteiger partial charge in [0, 0.05) is 24.1 Å². The minimum atomic E-state index is -5.29. The molecule has 0 spiro atoms. The Morgan fingerprint density at radius 1 is 1.16 bits per heavy atom. The lowest BCUT2D eigenvalue weighted by molar-refractivity contribution is -0.274. The van der Waals surface area contributed by atoms with Crippen LogP contribution in [0.3, 0.4) is 0 Å². The van der Waals surface area contributed by atoms with Gasteiger partial charge < -0.3 is 14.9 Å². The highest BCUT2D eigenvalue weighted by Gasteiger charge is 2.39. The Balaban J connectivity index is 3.02. The molecule has 0 bridgehead atoms. The van der Waals surface area contributed by atoms with Crippen LogP contribution in [0, 0.1) is 5.92 Å². The average molecular weight is 570 g/mol. The molecule has 0 aliphatic heterocycles. The lowest BCUT2D eigenvalue weighted by Crippen LogP contribution is -2.58. The normalized spacial score (nSPS) is 20.2. The zero-order valence-electron chi connectivity index (χ0n) is 30.2. The maximum atomic E-state index is 13.9. The van der Waals surface area contributed by atoms with Gasteiger partial charge >= 0.3 is 12.5 Å². The number of carboxylic acid groups (broad SMARTS) is 1. The zero-order valence-corrected chi connectivity index (χ0v) is 22.0. The molecule has 0 aliphatic carbocycles. The quantitative estimate of drug-likeness (QED) is 0.395. The van der Waals surface area contributed by atoms with Gasteiger partial charge in [0.1, 0.15) is 5.75 Å². The van der Waals surface area contributed by atoms with E-state index in [2.05, 4.69) is 4.74 Å². The fourth-order valence-corrected chi connectivity index (χ4v) is 4.53. The topological polar surface area (TPSA) is 107 Å². The molecule has 0 saturated carbocycles. The van der Waals surface area contributed by atoms with Crippen LogP contribution in [-0.2, 0) is 16.4 Å². The minimum absolute atomic E-state index is 0.105. The molecule has 2 aromatic carbocycles. The number of amides is 1. The Labute approximate surface area is 234 Å². The second-order valence-electron chi connectivity index (χ2n) is 9.31. The number of benzene rings is 2. The lowest BCUT2D eigenvalue weighted by atomic mass is 9.94. The van der Waals surface area contributed by atoms with Crippen LogP contribution in [0.2, 0.25) is 0 Å². The van der Waals surface area contributed by atoms with E-state index in [0.29, 0.717) is 24.3 Å². The van der Waals surface area contributed by atoms with E-state index in [0.717, 1.165) is 32.9 Å². The van der Waals surface area contributed by atoms with E-state index in [9.17, 15) is 38.0 Å². The third-order valence-corrected chi connectivity index (χ3v) is 6.26. The van der Waals surface area contributed by atoms with Crippen molar-refractivity contribution in [2.24, 2.45) is 5.92 Å². The smallest absolute Gasteiger partial charge is 0.465 e. The average Bonchev–Trinajstić information content (AvgIpc) is 2.88. The number of sulfonamides is 1. The highest BCUT2D eigenvalue weighted by Crippen LogP contribution is 2.27. The summed E-state index contributed by atoms with van der Waals surface area (Å²) in [6, 6.07) is -2.64. The molecule has 2 atom stereocenters. The molecule has 0 fully saturated rings. The van der Waals surface area contributed by atoms with Crippen LogP contribution in [0.5, 0.6) is 5.75 Å². The fourth-order valence-electron chi connectivity index (χ4n) is 3.10. The minimum Gasteiger partial charge on any atom is -0.465 e. The monoisotopic (exact) mass is 569 g/mol. The number of halogens is 3. The molecular formula is C26H35F3N2O6S. The molecule has 2 rings (SSSR count). The third kappa shape index (κ3) is 8.88. The van der Waals surface area contributed by atoms with Crippen molar-refractivity contribution in [1.29, 1.82) is 0 Å². The first-order valence-electron chi connectivity index (χ1n) is 15.6. The van der Waals surface area contributed by atoms with Crippen LogP contribution >= 0.6 is 0 Å². The van der Waals surface area contributed by atoms with Crippen molar-refractivity contribution in [1.82, 2.24) is 9.21 Å². The summed E-state index contributed by atoms with van der Waals surface area (Å²) >= 11 is 0. The van der Waals surface area contributed by atoms with Crippen LogP contribution in [0.25, 0.3) is 0 Å². The van der Waals surface area contributed by atoms with E-state index < -0.39 is 99.8 Å². The van der Waals surface area contributed by atoms with Crippen LogP contribution in [0.15, 0.2) is 59.4 Å². The number of nitrogens with zero attached hydrogens (tertiary/aromatic N) is 2. The summed E-state index contributed by atoms with van der Waals surface area (Å²) in [5.41, 5.74) is -2.92. The van der Waals surface area contributed by atoms with Gasteiger partial charge in [0.25, 0.3) is 0 Å². The Morgan fingerprint density at radius 2 is 1.76 bits per heavy atom. The molecular weight excluding hydrogens is 525 g/mol. The molecule has 2 aromatic rings. The number of aliphatic hydroxyl groups is 1. The maximum absolute atomic E-state index is 13.9. The number of ether oxygens (including phenoxy) is 1. The van der Waals surface area contributed by atoms with Gasteiger partial charge in [-0.2, -0.15) is 4.31 Å². The summed E-state index contributed by atoms with van der Waals surface area (Å²) < 4.78 is 147. The molecule has 0 heterocycles. The Bertz CT molecular complexity index is 1590. The van der Waals surface area contributed by atoms with Crippen molar-refractivity contribution < 1.29 is 53.7 Å². The Hall–Kier alpha value is -2.83. The first-order chi connectivity index (χ1) is 20.9. The van der Waals surface area contributed by atoms with Gasteiger partial charge in [0.2, 0.25) is 10.0 Å². The standard InChI is InChI=1S/C26H35F3N2O6S/c1-18(2)16-30(38(35,36)21-13-11-20(12-14-21)37-26(27,28)29)17-23(32)22(15-19-9-7-6-8-10-19)31(24(33)34)25(3,4)5/h6-14,18,22-23,32H,15-17H2,1-5H3,(H,33,34)/t22-,23+/m0/s1/i6D,7D,9D,15D2,17D2,22D,23D. The Morgan fingerprint density at radius 3 is 2.26 bits per heavy atom. The van der Waals surface area contributed by atoms with Gasteiger partial charge in [-0.25, -0.2) is 13.2 Å². The molecule has 2 N–H and O–H groups in total. The van der Waals surface area contributed by atoms with E-state index in [1.54, 1.807) is 0 Å². The highest BCUT2D eigenvalue weighted by atomic mass is 32.2. The number of hydrogen-bond acceptors (Lipinski definition) is 5. The van der Waals surface area contributed by atoms with Crippen molar-refractivity contribution in [3.8, 4) is 5.75 Å². The predicted octanol–water partition coefficient (Wildman–Crippen LogP) is 4.98. The lowest BCUT2D eigenvalue weighted by Gasteiger charge is -2.42. The van der Waals surface area contributed by atoms with Crippen LogP contribution in [0.1, 0.15) is 52.5 Å². The SMILES string of the molecule is [2H]c1ccc(C([2H])([2H])[C@]([2H])(N(C(=O)O)C(C)(C)C)[C@]([2H])(O)C([2H])([2H])N(CC(C)C)S(=O)(=O)c2ccc(OC(F)(F)F)cc2)c([2H])c1[2H]. The molecule has 38 heavy (non-hydrogen) atoms. The summed E-state index contributed by atoms with van der Waals surface area (Å²) in [4.78, 5) is 11.8. The van der Waals surface area contributed by atoms with Crippen molar-refractivity contribution >= 4 is 16.1 Å². The van der Waals surface area contributed by atoms with E-state index in [1.165, 1.54) is 13.8 Å². The van der Waals surface area contributed by atoms with Gasteiger partial charge in [-0.15, -0.1) is 13.2 Å². The van der Waals surface area contributed by atoms with Gasteiger partial charge in [0.05, 0.1) is 23.8 Å². The van der Waals surface area contributed by atoms with Crippen molar-refractivity contribution in [2.45, 2.75) is 69.9 Å². The highest BCUT2D eigenvalue weighted by molar-refractivity contribution is 7.89. The molecule has 0 aromatic heterocycles. The van der Waals surface area contributed by atoms with Crippen LogP contribution in [0.4, 0.5) is 18.0 Å². The van der Waals surface area contributed by atoms with Gasteiger partial charge in [-0.3, -0.25) is 4.90 Å². The molecule has 0 aliphatic rings. The summed E-state index contributed by atoms with van der Waals surface area (Å²) in [5.74, 6) is -1.65. The fraction of sp³-hybridized carbons (Fsp3) is 0.500. The number of carbonyl (C=O) groups is 1. The number of hydrogen-bond donors (Lipinski definition) is 2. The van der Waals surface area contributed by atoms with Crippen LogP contribution in [-0.4, -0.2) is 71.0 Å². The molecule has 1 amide bonds. The first kappa shape index (κ1) is 20.1. The summed E-state index contributed by atoms with van der Waals surface area (Å²) in [6.45, 7) is 1.12. The van der Waals surface area contributed by atoms with Gasteiger partial charge in [-0.05, 0) is 62.9 Å². The second-order valence-corrected chi connectivity index (χ2v) is 11.2. The van der Waals surface area contributed by atoms with Crippen molar-refractivity contribution in [3.63, 3.8) is 0 Å². The molecule has 212 valence electrons. The summed E-state index contributed by atoms with van der Waals surface area (Å²) in [7, 11) is -5.29. The second kappa shape index (κ2) is 12.4.